The largest absolute Gasteiger partial charge is 0.316 e. The van der Waals surface area contributed by atoms with Crippen LogP contribution in [0.4, 0.5) is 0 Å². The summed E-state index contributed by atoms with van der Waals surface area (Å²) in [4.78, 5) is 1.05. The van der Waals surface area contributed by atoms with Gasteiger partial charge in [0.2, 0.25) is 0 Å². The molecule has 0 bridgehead atoms. The lowest BCUT2D eigenvalue weighted by Gasteiger charge is -2.24. The van der Waals surface area contributed by atoms with Crippen LogP contribution in [-0.4, -0.2) is 25.8 Å². The summed E-state index contributed by atoms with van der Waals surface area (Å²) in [6.07, 6.45) is 0. The number of thiophene rings is 2. The summed E-state index contributed by atoms with van der Waals surface area (Å²) in [5.41, 5.74) is 1.00. The lowest BCUT2D eigenvalue weighted by Crippen LogP contribution is -2.35. The van der Waals surface area contributed by atoms with Crippen LogP contribution in [0.5, 0.6) is 0 Å². The van der Waals surface area contributed by atoms with Gasteiger partial charge >= 0.3 is 0 Å². The van der Waals surface area contributed by atoms with Gasteiger partial charge in [0.05, 0.1) is 0 Å². The van der Waals surface area contributed by atoms with E-state index in [2.05, 4.69) is 5.32 Å². The number of nitrogens with one attached hydrogen (secondary N) is 1. The number of rotatable bonds is 7. The van der Waals surface area contributed by atoms with Crippen molar-refractivity contribution in [3.05, 3.63) is 39.4 Å². The second-order valence-corrected chi connectivity index (χ2v) is 9.09. The van der Waals surface area contributed by atoms with Gasteiger partial charge in [0.25, 0.3) is 10.0 Å². The molecular weight excluding hydrogens is 324 g/mol. The topological polar surface area (TPSA) is 49.4 Å². The average Bonchev–Trinajstić information content (AvgIpc) is 3.07. The Kier molecular flexibility index (Phi) is 5.56. The molecule has 0 atom stereocenters. The van der Waals surface area contributed by atoms with E-state index in [-0.39, 0.29) is 6.04 Å². The maximum atomic E-state index is 12.8. The molecule has 0 aliphatic heterocycles. The monoisotopic (exact) mass is 344 g/mol. The second kappa shape index (κ2) is 7.02. The first-order valence-electron chi connectivity index (χ1n) is 6.71. The van der Waals surface area contributed by atoms with E-state index in [1.807, 2.05) is 43.8 Å². The molecule has 4 nitrogen and oxygen atoms in total. The minimum atomic E-state index is -3.44. The molecule has 0 radical (unpaired) electrons. The SMILES string of the molecule is CNCc1csc(S(=O)(=O)N(Cc2cccs2)C(C)C)c1. The number of hydrogen-bond acceptors (Lipinski definition) is 5. The van der Waals surface area contributed by atoms with Crippen molar-refractivity contribution in [2.75, 3.05) is 7.05 Å². The van der Waals surface area contributed by atoms with E-state index < -0.39 is 10.0 Å². The summed E-state index contributed by atoms with van der Waals surface area (Å²) in [7, 11) is -1.59. The first kappa shape index (κ1) is 16.6. The molecule has 116 valence electrons. The lowest BCUT2D eigenvalue weighted by atomic mass is 10.3. The molecule has 7 heteroatoms. The van der Waals surface area contributed by atoms with E-state index in [0.717, 1.165) is 10.4 Å². The van der Waals surface area contributed by atoms with Crippen molar-refractivity contribution in [1.29, 1.82) is 0 Å². The standard InChI is InChI=1S/C14H20N2O2S3/c1-11(2)16(9-13-5-4-6-19-13)21(17,18)14-7-12(8-15-3)10-20-14/h4-7,10-11,15H,8-9H2,1-3H3. The van der Waals surface area contributed by atoms with Crippen LogP contribution >= 0.6 is 22.7 Å². The normalized spacial score (nSPS) is 12.4. The van der Waals surface area contributed by atoms with Gasteiger partial charge in [0.1, 0.15) is 4.21 Å². The Bertz CT molecular complexity index is 660. The average molecular weight is 345 g/mol. The molecule has 0 saturated carbocycles. The molecular formula is C14H20N2O2S3. The van der Waals surface area contributed by atoms with E-state index in [4.69, 9.17) is 0 Å². The van der Waals surface area contributed by atoms with Crippen LogP contribution in [0, 0.1) is 0 Å². The van der Waals surface area contributed by atoms with Crippen LogP contribution in [0.3, 0.4) is 0 Å². The molecule has 0 aliphatic carbocycles. The fourth-order valence-electron chi connectivity index (χ4n) is 2.00. The molecule has 0 unspecified atom stereocenters. The predicted molar refractivity (Wildman–Crippen MR) is 89.3 cm³/mol. The first-order chi connectivity index (χ1) is 9.95. The fraction of sp³-hybridized carbons (Fsp3) is 0.429. The minimum absolute atomic E-state index is 0.0769. The van der Waals surface area contributed by atoms with Gasteiger partial charge in [-0.2, -0.15) is 4.31 Å². The van der Waals surface area contributed by atoms with Crippen molar-refractivity contribution in [2.24, 2.45) is 0 Å². The third kappa shape index (κ3) is 3.92. The molecule has 2 aromatic heterocycles. The van der Waals surface area contributed by atoms with Crippen LogP contribution < -0.4 is 5.32 Å². The summed E-state index contributed by atoms with van der Waals surface area (Å²) >= 11 is 2.87. The maximum absolute atomic E-state index is 12.8. The Balaban J connectivity index is 2.28. The highest BCUT2D eigenvalue weighted by atomic mass is 32.2. The maximum Gasteiger partial charge on any atom is 0.253 e. The third-order valence-electron chi connectivity index (χ3n) is 3.04. The van der Waals surface area contributed by atoms with Crippen molar-refractivity contribution < 1.29 is 8.42 Å². The molecule has 0 amide bonds. The van der Waals surface area contributed by atoms with Crippen LogP contribution in [0.25, 0.3) is 0 Å². The van der Waals surface area contributed by atoms with E-state index in [1.54, 1.807) is 21.7 Å². The zero-order valence-corrected chi connectivity index (χ0v) is 14.8. The molecule has 0 fully saturated rings. The Morgan fingerprint density at radius 1 is 1.33 bits per heavy atom. The molecule has 0 aromatic carbocycles. The molecule has 0 saturated heterocycles. The van der Waals surface area contributed by atoms with Crippen molar-refractivity contribution in [3.63, 3.8) is 0 Å². The van der Waals surface area contributed by atoms with Crippen molar-refractivity contribution in [2.45, 2.75) is 37.2 Å². The summed E-state index contributed by atoms with van der Waals surface area (Å²) < 4.78 is 27.7. The quantitative estimate of drug-likeness (QED) is 0.839. The first-order valence-corrected chi connectivity index (χ1v) is 9.91. The number of hydrogen-bond donors (Lipinski definition) is 1. The molecule has 0 aliphatic rings. The van der Waals surface area contributed by atoms with Gasteiger partial charge in [-0.05, 0) is 49.4 Å². The van der Waals surface area contributed by atoms with Gasteiger partial charge in [0, 0.05) is 24.0 Å². The minimum Gasteiger partial charge on any atom is -0.316 e. The highest BCUT2D eigenvalue weighted by Gasteiger charge is 2.28. The van der Waals surface area contributed by atoms with E-state index >= 15 is 0 Å². The van der Waals surface area contributed by atoms with E-state index in [1.165, 1.54) is 11.3 Å². The van der Waals surface area contributed by atoms with E-state index in [9.17, 15) is 8.42 Å². The molecule has 2 rings (SSSR count). The summed E-state index contributed by atoms with van der Waals surface area (Å²) in [6.45, 7) is 4.93. The number of sulfonamides is 1. The smallest absolute Gasteiger partial charge is 0.253 e. The number of nitrogens with zero attached hydrogens (tertiary/aromatic N) is 1. The summed E-state index contributed by atoms with van der Waals surface area (Å²) in [6, 6.07) is 5.60. The van der Waals surface area contributed by atoms with Gasteiger partial charge < -0.3 is 5.32 Å². The van der Waals surface area contributed by atoms with Crippen LogP contribution in [-0.2, 0) is 23.1 Å². The van der Waals surface area contributed by atoms with Crippen molar-refractivity contribution in [1.82, 2.24) is 9.62 Å². The molecule has 0 spiro atoms. The van der Waals surface area contributed by atoms with Gasteiger partial charge in [-0.15, -0.1) is 22.7 Å². The zero-order chi connectivity index (χ0) is 15.5. The van der Waals surface area contributed by atoms with Crippen LogP contribution in [0.15, 0.2) is 33.2 Å². The Hall–Kier alpha value is -0.730. The Morgan fingerprint density at radius 2 is 2.10 bits per heavy atom. The molecule has 2 heterocycles. The van der Waals surface area contributed by atoms with Gasteiger partial charge in [0.15, 0.2) is 0 Å². The van der Waals surface area contributed by atoms with Gasteiger partial charge in [-0.25, -0.2) is 8.42 Å². The molecule has 21 heavy (non-hydrogen) atoms. The van der Waals surface area contributed by atoms with Crippen molar-refractivity contribution in [3.8, 4) is 0 Å². The Labute approximate surface area is 134 Å². The summed E-state index contributed by atoms with van der Waals surface area (Å²) in [5.74, 6) is 0. The highest BCUT2D eigenvalue weighted by Crippen LogP contribution is 2.27. The predicted octanol–water partition coefficient (Wildman–Crippen LogP) is 3.13. The van der Waals surface area contributed by atoms with Crippen molar-refractivity contribution >= 4 is 32.7 Å². The Morgan fingerprint density at radius 3 is 2.67 bits per heavy atom. The second-order valence-electron chi connectivity index (χ2n) is 5.03. The highest BCUT2D eigenvalue weighted by molar-refractivity contribution is 7.91. The lowest BCUT2D eigenvalue weighted by molar-refractivity contribution is 0.351. The van der Waals surface area contributed by atoms with Gasteiger partial charge in [-0.1, -0.05) is 6.07 Å². The zero-order valence-electron chi connectivity index (χ0n) is 12.4. The van der Waals surface area contributed by atoms with Gasteiger partial charge in [-0.3, -0.25) is 0 Å². The molecule has 1 N–H and O–H groups in total. The summed E-state index contributed by atoms with van der Waals surface area (Å²) in [5, 5.41) is 6.90. The molecule has 2 aromatic rings. The van der Waals surface area contributed by atoms with Crippen LogP contribution in [0.2, 0.25) is 0 Å². The third-order valence-corrected chi connectivity index (χ3v) is 7.39. The van der Waals surface area contributed by atoms with Crippen LogP contribution in [0.1, 0.15) is 24.3 Å². The fourth-order valence-corrected chi connectivity index (χ4v) is 5.74. The van der Waals surface area contributed by atoms with E-state index in [0.29, 0.717) is 17.3 Å².